The summed E-state index contributed by atoms with van der Waals surface area (Å²) in [5.41, 5.74) is 0.446. The Morgan fingerprint density at radius 1 is 1.45 bits per heavy atom. The van der Waals surface area contributed by atoms with E-state index in [-0.39, 0.29) is 0 Å². The van der Waals surface area contributed by atoms with Crippen molar-refractivity contribution in [2.75, 3.05) is 0 Å². The molecule has 0 bridgehead atoms. The average Bonchev–Trinajstić information content (AvgIpc) is 2.06. The van der Waals surface area contributed by atoms with Crippen molar-refractivity contribution in [3.05, 3.63) is 29.8 Å². The fourth-order valence-electron chi connectivity index (χ4n) is 0.779. The van der Waals surface area contributed by atoms with Gasteiger partial charge in [-0.25, -0.2) is 0 Å². The third-order valence-corrected chi connectivity index (χ3v) is 1.27. The van der Waals surface area contributed by atoms with Gasteiger partial charge in [0.15, 0.2) is 6.29 Å². The number of aldehydes is 1. The third kappa shape index (κ3) is 1.81. The Morgan fingerprint density at radius 2 is 2.18 bits per heavy atom. The molecule has 0 saturated carbocycles. The minimum absolute atomic E-state index is 0.407. The number of hydrogen-bond donors (Lipinski definition) is 1. The molecule has 0 saturated heterocycles. The molecule has 1 N–H and O–H groups in total. The van der Waals surface area contributed by atoms with E-state index in [2.05, 4.69) is 0 Å². The molecule has 0 aliphatic carbocycles. The van der Waals surface area contributed by atoms with Gasteiger partial charge in [0.05, 0.1) is 5.56 Å². The highest BCUT2D eigenvalue weighted by atomic mass is 16.5. The summed E-state index contributed by atoms with van der Waals surface area (Å²) in [5, 5.41) is 8.40. The molecule has 0 spiro atoms. The fourth-order valence-corrected chi connectivity index (χ4v) is 0.779. The highest BCUT2D eigenvalue weighted by Crippen LogP contribution is 2.14. The van der Waals surface area contributed by atoms with Gasteiger partial charge in [-0.05, 0) is 12.1 Å². The van der Waals surface area contributed by atoms with Gasteiger partial charge < -0.3 is 9.68 Å². The van der Waals surface area contributed by atoms with Crippen molar-refractivity contribution in [3.8, 4) is 5.75 Å². The lowest BCUT2D eigenvalue weighted by molar-refractivity contribution is 0.112. The van der Waals surface area contributed by atoms with Gasteiger partial charge in [-0.15, -0.1) is 0 Å². The van der Waals surface area contributed by atoms with Crippen molar-refractivity contribution in [2.24, 2.45) is 0 Å². The Hall–Kier alpha value is -1.29. The van der Waals surface area contributed by atoms with Gasteiger partial charge in [-0.2, -0.15) is 0 Å². The standard InChI is InChI=1S/C7H7BO3/c9-5-6-3-1-2-4-7(6)11-8-10/h1-5,8,10H. The zero-order chi connectivity index (χ0) is 8.10. The van der Waals surface area contributed by atoms with Crippen molar-refractivity contribution in [1.82, 2.24) is 0 Å². The summed E-state index contributed by atoms with van der Waals surface area (Å²) in [6.07, 6.45) is 0.686. The molecule has 56 valence electrons. The predicted octanol–water partition coefficient (Wildman–Crippen LogP) is 0.137. The van der Waals surface area contributed by atoms with Gasteiger partial charge in [-0.3, -0.25) is 4.79 Å². The van der Waals surface area contributed by atoms with Gasteiger partial charge in [0, 0.05) is 0 Å². The number of carbonyl (C=O) groups is 1. The van der Waals surface area contributed by atoms with Gasteiger partial charge in [0.25, 0.3) is 0 Å². The van der Waals surface area contributed by atoms with E-state index in [0.29, 0.717) is 17.6 Å². The van der Waals surface area contributed by atoms with E-state index in [9.17, 15) is 4.79 Å². The average molecular weight is 150 g/mol. The Balaban J connectivity index is 2.92. The van der Waals surface area contributed by atoms with Crippen molar-refractivity contribution < 1.29 is 14.5 Å². The Morgan fingerprint density at radius 3 is 2.82 bits per heavy atom. The second-order valence-corrected chi connectivity index (χ2v) is 1.93. The summed E-state index contributed by atoms with van der Waals surface area (Å²) in [4.78, 5) is 10.3. The number of para-hydroxylation sites is 1. The molecule has 0 amide bonds. The molecule has 4 heteroatoms. The van der Waals surface area contributed by atoms with Crippen LogP contribution in [0.4, 0.5) is 0 Å². The second kappa shape index (κ2) is 3.78. The van der Waals surface area contributed by atoms with Crippen molar-refractivity contribution in [1.29, 1.82) is 0 Å². The summed E-state index contributed by atoms with van der Waals surface area (Å²) in [6, 6.07) is 6.71. The first-order chi connectivity index (χ1) is 5.38. The fraction of sp³-hybridized carbons (Fsp3) is 0. The van der Waals surface area contributed by atoms with Crippen LogP contribution in [0.5, 0.6) is 5.75 Å². The van der Waals surface area contributed by atoms with Gasteiger partial charge in [0.1, 0.15) is 5.75 Å². The van der Waals surface area contributed by atoms with Gasteiger partial charge >= 0.3 is 7.69 Å². The first kappa shape index (κ1) is 7.82. The van der Waals surface area contributed by atoms with Crippen molar-refractivity contribution >= 4 is 14.0 Å². The minimum Gasteiger partial charge on any atom is -0.538 e. The SMILES string of the molecule is O=Cc1ccccc1OBO. The highest BCUT2D eigenvalue weighted by molar-refractivity contribution is 6.17. The quantitative estimate of drug-likeness (QED) is 0.492. The zero-order valence-corrected chi connectivity index (χ0v) is 5.86. The summed E-state index contributed by atoms with van der Waals surface area (Å²) in [7, 11) is -0.412. The summed E-state index contributed by atoms with van der Waals surface area (Å²) >= 11 is 0. The van der Waals surface area contributed by atoms with E-state index in [0.717, 1.165) is 0 Å². The van der Waals surface area contributed by atoms with E-state index in [1.807, 2.05) is 0 Å². The third-order valence-electron chi connectivity index (χ3n) is 1.27. The van der Waals surface area contributed by atoms with Crippen molar-refractivity contribution in [2.45, 2.75) is 0 Å². The molecule has 0 aromatic heterocycles. The predicted molar refractivity (Wildman–Crippen MR) is 41.8 cm³/mol. The van der Waals surface area contributed by atoms with Crippen LogP contribution in [0.25, 0.3) is 0 Å². The zero-order valence-electron chi connectivity index (χ0n) is 5.86. The molecule has 0 aliphatic rings. The summed E-state index contributed by atoms with van der Waals surface area (Å²) in [6.45, 7) is 0. The molecule has 1 aromatic carbocycles. The van der Waals surface area contributed by atoms with Crippen LogP contribution in [0, 0.1) is 0 Å². The lowest BCUT2D eigenvalue weighted by Gasteiger charge is -2.02. The number of benzene rings is 1. The van der Waals surface area contributed by atoms with E-state index in [1.165, 1.54) is 0 Å². The molecular weight excluding hydrogens is 143 g/mol. The van der Waals surface area contributed by atoms with Crippen LogP contribution in [-0.4, -0.2) is 19.0 Å². The van der Waals surface area contributed by atoms with E-state index >= 15 is 0 Å². The lowest BCUT2D eigenvalue weighted by atomic mass is 10.2. The summed E-state index contributed by atoms with van der Waals surface area (Å²) in [5.74, 6) is 0.407. The largest absolute Gasteiger partial charge is 0.538 e. The van der Waals surface area contributed by atoms with Crippen LogP contribution >= 0.6 is 0 Å². The molecular formula is C7H7BO3. The maximum atomic E-state index is 10.3. The molecule has 0 radical (unpaired) electrons. The van der Waals surface area contributed by atoms with Gasteiger partial charge in [0.2, 0.25) is 0 Å². The maximum Gasteiger partial charge on any atom is 0.504 e. The molecule has 0 unspecified atom stereocenters. The molecule has 1 aromatic rings. The number of rotatable bonds is 3. The van der Waals surface area contributed by atoms with Crippen LogP contribution in [0.1, 0.15) is 10.4 Å². The van der Waals surface area contributed by atoms with Crippen molar-refractivity contribution in [3.63, 3.8) is 0 Å². The maximum absolute atomic E-state index is 10.3. The molecule has 3 nitrogen and oxygen atoms in total. The minimum atomic E-state index is -0.412. The Bertz CT molecular complexity index is 249. The van der Waals surface area contributed by atoms with E-state index in [4.69, 9.17) is 9.68 Å². The van der Waals surface area contributed by atoms with Crippen LogP contribution in [-0.2, 0) is 0 Å². The number of carbonyl (C=O) groups excluding carboxylic acids is 1. The Kier molecular flexibility index (Phi) is 2.69. The molecule has 1 rings (SSSR count). The van der Waals surface area contributed by atoms with Crippen LogP contribution in [0.3, 0.4) is 0 Å². The lowest BCUT2D eigenvalue weighted by Crippen LogP contribution is -2.01. The molecule has 0 fully saturated rings. The molecule has 0 atom stereocenters. The monoisotopic (exact) mass is 150 g/mol. The number of hydrogen-bond acceptors (Lipinski definition) is 3. The normalized spacial score (nSPS) is 8.82. The first-order valence-electron chi connectivity index (χ1n) is 3.16. The smallest absolute Gasteiger partial charge is 0.504 e. The van der Waals surface area contributed by atoms with Gasteiger partial charge in [-0.1, -0.05) is 12.1 Å². The second-order valence-electron chi connectivity index (χ2n) is 1.93. The summed E-state index contributed by atoms with van der Waals surface area (Å²) < 4.78 is 4.75. The first-order valence-corrected chi connectivity index (χ1v) is 3.16. The van der Waals surface area contributed by atoms with E-state index in [1.54, 1.807) is 24.3 Å². The van der Waals surface area contributed by atoms with Crippen LogP contribution in [0.2, 0.25) is 0 Å². The van der Waals surface area contributed by atoms with Crippen LogP contribution < -0.4 is 4.65 Å². The van der Waals surface area contributed by atoms with Crippen LogP contribution in [0.15, 0.2) is 24.3 Å². The Labute approximate surface area is 64.9 Å². The van der Waals surface area contributed by atoms with E-state index < -0.39 is 7.69 Å². The topological polar surface area (TPSA) is 46.5 Å². The highest BCUT2D eigenvalue weighted by Gasteiger charge is 1.99. The molecule has 0 heterocycles. The molecule has 11 heavy (non-hydrogen) atoms. The molecule has 0 aliphatic heterocycles.